The Hall–Kier alpha value is -5.52. The van der Waals surface area contributed by atoms with Crippen molar-refractivity contribution in [3.63, 3.8) is 0 Å². The lowest BCUT2D eigenvalue weighted by Gasteiger charge is -2.45. The summed E-state index contributed by atoms with van der Waals surface area (Å²) in [5.74, 6) is 0. The van der Waals surface area contributed by atoms with Crippen LogP contribution in [-0.4, -0.2) is 20.3 Å². The van der Waals surface area contributed by atoms with Crippen molar-refractivity contribution in [1.82, 2.24) is 4.98 Å². The topological polar surface area (TPSA) is 32.2 Å². The molecule has 0 saturated carbocycles. The fraction of sp³-hybridized carbons (Fsp3) is 0.0476. The quantitative estimate of drug-likeness (QED) is 0.188. The lowest BCUT2D eigenvalue weighted by Crippen LogP contribution is -2.62. The van der Waals surface area contributed by atoms with E-state index in [9.17, 15) is 0 Å². The third-order valence-electron chi connectivity index (χ3n) is 11.0. The third-order valence-corrected chi connectivity index (χ3v) is 14.5. The summed E-state index contributed by atoms with van der Waals surface area (Å²) < 4.78 is 6.74. The molecular formula is C42H29BN2OSi. The van der Waals surface area contributed by atoms with Crippen LogP contribution in [0.15, 0.2) is 132 Å². The summed E-state index contributed by atoms with van der Waals surface area (Å²) in [7, 11) is -1.05. The largest absolute Gasteiger partial charge is 0.456 e. The molecule has 4 heterocycles. The molecule has 0 radical (unpaired) electrons. The minimum Gasteiger partial charge on any atom is -0.456 e. The van der Waals surface area contributed by atoms with E-state index in [1.807, 2.05) is 0 Å². The molecule has 0 fully saturated rings. The molecule has 0 unspecified atom stereocenters. The Morgan fingerprint density at radius 1 is 0.638 bits per heavy atom. The zero-order valence-electron chi connectivity index (χ0n) is 26.2. The van der Waals surface area contributed by atoms with E-state index in [0.29, 0.717) is 0 Å². The maximum atomic E-state index is 6.74. The first-order valence-electron chi connectivity index (χ1n) is 16.5. The van der Waals surface area contributed by atoms with Crippen LogP contribution in [0.5, 0.6) is 0 Å². The second kappa shape index (κ2) is 8.84. The van der Waals surface area contributed by atoms with Crippen molar-refractivity contribution in [3.05, 3.63) is 127 Å². The van der Waals surface area contributed by atoms with Crippen LogP contribution in [0.1, 0.15) is 0 Å². The van der Waals surface area contributed by atoms with Gasteiger partial charge in [0.05, 0.1) is 5.52 Å². The smallest absolute Gasteiger partial charge is 0.198 e. The molecule has 0 aliphatic carbocycles. The molecule has 0 saturated heterocycles. The van der Waals surface area contributed by atoms with Crippen LogP contribution in [-0.2, 0) is 0 Å². The number of benzene rings is 7. The van der Waals surface area contributed by atoms with Gasteiger partial charge in [0.15, 0.2) is 7.28 Å². The summed E-state index contributed by atoms with van der Waals surface area (Å²) in [6.07, 6.45) is 0. The summed E-state index contributed by atoms with van der Waals surface area (Å²) in [5.41, 5.74) is 13.3. The van der Waals surface area contributed by atoms with Gasteiger partial charge in [0.25, 0.3) is 0 Å². The van der Waals surface area contributed by atoms with Gasteiger partial charge in [-0.15, -0.1) is 0 Å². The molecular weight excluding hydrogens is 587 g/mol. The Bertz CT molecular complexity index is 2830. The minimum absolute atomic E-state index is 0.867. The van der Waals surface area contributed by atoms with E-state index in [0.717, 1.165) is 29.3 Å². The highest BCUT2D eigenvalue weighted by Crippen LogP contribution is 2.46. The normalized spacial score (nSPS) is 14.5. The van der Waals surface area contributed by atoms with Gasteiger partial charge in [-0.25, -0.2) is 0 Å². The number of hydrogen-bond donors (Lipinski definition) is 1. The van der Waals surface area contributed by atoms with Gasteiger partial charge in [0, 0.05) is 55.8 Å². The van der Waals surface area contributed by atoms with Crippen LogP contribution in [0.25, 0.3) is 65.6 Å². The molecule has 2 aliphatic rings. The highest BCUT2D eigenvalue weighted by atomic mass is 28.3. The standard InChI is InChI=1S/C42H29BN2OSi/c1-47(2)35-19-8-6-17-31(35)45-32-23-34-38(26-13-5-7-18-33(26)46-34)39(40(32)43-29-16-10-20-36(47)42(29)45)28-15-9-14-27-37-25-12-4-3-11-24(25)21-22-30(37)44-41(27)28/h3-23,43-44H,1-2H3. The predicted octanol–water partition coefficient (Wildman–Crippen LogP) is 8.35. The molecule has 1 N–H and O–H groups in total. The Kier molecular flexibility index (Phi) is 4.83. The van der Waals surface area contributed by atoms with Crippen molar-refractivity contribution in [2.24, 2.45) is 0 Å². The maximum absolute atomic E-state index is 6.74. The number of para-hydroxylation sites is 4. The number of nitrogens with one attached hydrogen (secondary N) is 1. The van der Waals surface area contributed by atoms with Crippen LogP contribution in [0.2, 0.25) is 13.1 Å². The fourth-order valence-corrected chi connectivity index (χ4v) is 11.9. The zero-order chi connectivity index (χ0) is 31.0. The van der Waals surface area contributed by atoms with E-state index in [1.54, 1.807) is 0 Å². The van der Waals surface area contributed by atoms with Gasteiger partial charge in [0.2, 0.25) is 0 Å². The summed E-state index contributed by atoms with van der Waals surface area (Å²) in [5, 5.41) is 10.4. The van der Waals surface area contributed by atoms with Crippen LogP contribution in [0, 0.1) is 0 Å². The third kappa shape index (κ3) is 3.22. The second-order valence-corrected chi connectivity index (χ2v) is 18.1. The van der Waals surface area contributed by atoms with Gasteiger partial charge >= 0.3 is 0 Å². The zero-order valence-corrected chi connectivity index (χ0v) is 27.2. The molecule has 2 aromatic heterocycles. The van der Waals surface area contributed by atoms with Crippen molar-refractivity contribution in [1.29, 1.82) is 0 Å². The fourth-order valence-electron chi connectivity index (χ4n) is 8.90. The number of rotatable bonds is 1. The number of nitrogens with zero attached hydrogens (tertiary/aromatic N) is 1. The van der Waals surface area contributed by atoms with Crippen molar-refractivity contribution < 1.29 is 4.42 Å². The van der Waals surface area contributed by atoms with Gasteiger partial charge < -0.3 is 14.3 Å². The second-order valence-electron chi connectivity index (χ2n) is 13.8. The Morgan fingerprint density at radius 3 is 2.34 bits per heavy atom. The molecule has 47 heavy (non-hydrogen) atoms. The molecule has 0 spiro atoms. The highest BCUT2D eigenvalue weighted by Gasteiger charge is 2.42. The van der Waals surface area contributed by atoms with Gasteiger partial charge in [0.1, 0.15) is 19.2 Å². The lowest BCUT2D eigenvalue weighted by molar-refractivity contribution is 0.669. The van der Waals surface area contributed by atoms with E-state index in [1.165, 1.54) is 81.9 Å². The van der Waals surface area contributed by atoms with E-state index in [4.69, 9.17) is 4.42 Å². The number of hydrogen-bond acceptors (Lipinski definition) is 2. The molecule has 11 rings (SSSR count). The molecule has 0 amide bonds. The first kappa shape index (κ1) is 25.6. The molecule has 3 nitrogen and oxygen atoms in total. The lowest BCUT2D eigenvalue weighted by atomic mass is 9.57. The number of aromatic amines is 1. The van der Waals surface area contributed by atoms with Crippen LogP contribution < -0.4 is 26.2 Å². The highest BCUT2D eigenvalue weighted by molar-refractivity contribution is 7.03. The molecule has 2 aliphatic heterocycles. The van der Waals surface area contributed by atoms with E-state index >= 15 is 0 Å². The van der Waals surface area contributed by atoms with Crippen LogP contribution in [0.4, 0.5) is 17.1 Å². The number of H-pyrrole nitrogens is 1. The molecule has 0 bridgehead atoms. The Labute approximate surface area is 273 Å². The maximum Gasteiger partial charge on any atom is 0.198 e. The van der Waals surface area contributed by atoms with E-state index in [2.05, 4.69) is 150 Å². The SMILES string of the molecule is C[Si]1(C)c2ccccc2N2c3cc4oc5ccccc5c4c(-c4cccc5c4[nH]c4ccc6ccccc6c45)c3Bc3cccc1c32. The predicted molar refractivity (Wildman–Crippen MR) is 204 cm³/mol. The van der Waals surface area contributed by atoms with Crippen molar-refractivity contribution in [2.75, 3.05) is 4.90 Å². The van der Waals surface area contributed by atoms with Crippen molar-refractivity contribution in [2.45, 2.75) is 13.1 Å². The summed E-state index contributed by atoms with van der Waals surface area (Å²) in [6, 6.07) is 47.0. The van der Waals surface area contributed by atoms with Crippen LogP contribution in [0.3, 0.4) is 0 Å². The van der Waals surface area contributed by atoms with Gasteiger partial charge in [-0.3, -0.25) is 0 Å². The summed E-state index contributed by atoms with van der Waals surface area (Å²) in [6.45, 7) is 5.00. The average Bonchev–Trinajstić information content (AvgIpc) is 3.68. The van der Waals surface area contributed by atoms with E-state index in [-0.39, 0.29) is 0 Å². The summed E-state index contributed by atoms with van der Waals surface area (Å²) >= 11 is 0. The number of aromatic nitrogens is 1. The van der Waals surface area contributed by atoms with Gasteiger partial charge in [-0.05, 0) is 50.4 Å². The summed E-state index contributed by atoms with van der Waals surface area (Å²) in [4.78, 5) is 6.46. The number of furan rings is 1. The van der Waals surface area contributed by atoms with Crippen LogP contribution >= 0.6 is 0 Å². The molecule has 9 aromatic rings. The number of fused-ring (bicyclic) bond motifs is 12. The number of anilines is 3. The first-order valence-corrected chi connectivity index (χ1v) is 19.5. The Morgan fingerprint density at radius 2 is 1.40 bits per heavy atom. The van der Waals surface area contributed by atoms with Gasteiger partial charge in [-0.1, -0.05) is 122 Å². The van der Waals surface area contributed by atoms with E-state index < -0.39 is 8.07 Å². The molecule has 0 atom stereocenters. The van der Waals surface area contributed by atoms with Crippen molar-refractivity contribution >= 4 is 108 Å². The average molecular weight is 617 g/mol. The minimum atomic E-state index is -1.91. The van der Waals surface area contributed by atoms with Gasteiger partial charge in [-0.2, -0.15) is 0 Å². The Balaban J connectivity index is 1.31. The van der Waals surface area contributed by atoms with Crippen molar-refractivity contribution in [3.8, 4) is 11.1 Å². The first-order chi connectivity index (χ1) is 23.1. The molecule has 5 heteroatoms. The molecule has 7 aromatic carbocycles. The molecule has 220 valence electrons. The monoisotopic (exact) mass is 616 g/mol.